The van der Waals surface area contributed by atoms with Crippen molar-refractivity contribution < 1.29 is 33.1 Å². The highest BCUT2D eigenvalue weighted by molar-refractivity contribution is 7.46. The van der Waals surface area contributed by atoms with Gasteiger partial charge in [-0.1, -0.05) is 136 Å². The van der Waals surface area contributed by atoms with E-state index in [2.05, 4.69) is 59.8 Å². The number of rotatable bonds is 27. The number of esters is 1. The minimum Gasteiger partial charge on any atom is -0.457 e. The van der Waals surface area contributed by atoms with E-state index >= 15 is 0 Å². The SMILES string of the molecule is CCCCCCCC/C=C\CCCCCCCC(=O)OC(COC1CC[C@@]2(C)C(=CCC3C2CC[C@@]2(C)C3CC[C@@H]2[C@H](C)CCCC(C)C)C1)COP(=O)(O)O. The highest BCUT2D eigenvalue weighted by atomic mass is 31.2. The maximum atomic E-state index is 12.8. The number of hydrogen-bond acceptors (Lipinski definition) is 5. The minimum atomic E-state index is -4.71. The van der Waals surface area contributed by atoms with Crippen molar-refractivity contribution >= 4 is 13.8 Å². The van der Waals surface area contributed by atoms with Gasteiger partial charge in [-0.25, -0.2) is 4.57 Å². The summed E-state index contributed by atoms with van der Waals surface area (Å²) in [5.41, 5.74) is 2.23. The van der Waals surface area contributed by atoms with Crippen molar-refractivity contribution in [3.05, 3.63) is 23.8 Å². The maximum absolute atomic E-state index is 12.8. The number of fused-ring (bicyclic) bond motifs is 5. The summed E-state index contributed by atoms with van der Waals surface area (Å²) in [7, 11) is -4.71. The summed E-state index contributed by atoms with van der Waals surface area (Å²) >= 11 is 0. The van der Waals surface area contributed by atoms with E-state index in [-0.39, 0.29) is 30.7 Å². The molecule has 0 spiro atoms. The second-order valence-corrected chi connectivity index (χ2v) is 21.0. The zero-order valence-electron chi connectivity index (χ0n) is 36.8. The third-order valence-corrected chi connectivity index (χ3v) is 15.6. The van der Waals surface area contributed by atoms with Crippen LogP contribution in [0.1, 0.15) is 202 Å². The summed E-state index contributed by atoms with van der Waals surface area (Å²) in [4.78, 5) is 31.6. The van der Waals surface area contributed by atoms with Gasteiger partial charge < -0.3 is 19.3 Å². The van der Waals surface area contributed by atoms with Gasteiger partial charge in [-0.05, 0) is 130 Å². The number of unbranched alkanes of at least 4 members (excludes halogenated alkanes) is 11. The standard InChI is InChI=1S/C48H85O7P/c1-7-8-9-10-11-12-13-14-15-16-17-18-19-20-21-25-46(49)55-41(36-54-56(50,51)52)35-53-40-30-32-47(5)39(34-40)26-27-42-44-29-28-43(38(4)24-22-23-37(2)3)48(44,6)33-31-45(42)47/h14-15,26,37-38,40-45H,7-13,16-25,27-36H2,1-6H3,(H2,50,51,52)/b15-14-/t38-,40?,41?,42?,43-,44?,45?,47+,48-/m1/s1. The molecule has 0 aliphatic heterocycles. The number of carbonyl (C=O) groups is 1. The molecule has 2 N–H and O–H groups in total. The fourth-order valence-electron chi connectivity index (χ4n) is 11.9. The summed E-state index contributed by atoms with van der Waals surface area (Å²) in [5, 5.41) is 0. The van der Waals surface area contributed by atoms with Gasteiger partial charge in [0.15, 0.2) is 0 Å². The van der Waals surface area contributed by atoms with Crippen LogP contribution in [0, 0.1) is 46.3 Å². The third-order valence-electron chi connectivity index (χ3n) is 15.1. The number of phosphoric acid groups is 1. The van der Waals surface area contributed by atoms with Crippen LogP contribution in [0.4, 0.5) is 0 Å². The first-order chi connectivity index (χ1) is 26.8. The Labute approximate surface area is 343 Å². The Kier molecular flexibility index (Phi) is 20.2. The summed E-state index contributed by atoms with van der Waals surface area (Å²) in [6.07, 6.45) is 35.9. The lowest BCUT2D eigenvalue weighted by atomic mass is 9.47. The lowest BCUT2D eigenvalue weighted by Gasteiger charge is -2.58. The number of ether oxygens (including phenoxy) is 2. The Morgan fingerprint density at radius 2 is 1.52 bits per heavy atom. The number of hydrogen-bond donors (Lipinski definition) is 2. The fraction of sp³-hybridized carbons (Fsp3) is 0.896. The van der Waals surface area contributed by atoms with Crippen molar-refractivity contribution in [2.24, 2.45) is 46.3 Å². The van der Waals surface area contributed by atoms with Gasteiger partial charge in [0.05, 0.1) is 19.3 Å². The van der Waals surface area contributed by atoms with E-state index in [4.69, 9.17) is 14.0 Å². The van der Waals surface area contributed by atoms with Gasteiger partial charge in [0.2, 0.25) is 0 Å². The molecule has 5 unspecified atom stereocenters. The largest absolute Gasteiger partial charge is 0.469 e. The van der Waals surface area contributed by atoms with Gasteiger partial charge in [-0.3, -0.25) is 9.32 Å². The van der Waals surface area contributed by atoms with E-state index in [1.165, 1.54) is 103 Å². The summed E-state index contributed by atoms with van der Waals surface area (Å²) in [6.45, 7) is 14.4. The molecular weight excluding hydrogens is 719 g/mol. The predicted molar refractivity (Wildman–Crippen MR) is 230 cm³/mol. The molecule has 0 bridgehead atoms. The van der Waals surface area contributed by atoms with Crippen LogP contribution >= 0.6 is 7.82 Å². The van der Waals surface area contributed by atoms with Crippen LogP contribution in [0.3, 0.4) is 0 Å². The Morgan fingerprint density at radius 3 is 2.20 bits per heavy atom. The second kappa shape index (κ2) is 23.7. The van der Waals surface area contributed by atoms with Gasteiger partial charge in [-0.2, -0.15) is 0 Å². The maximum Gasteiger partial charge on any atom is 0.469 e. The quantitative estimate of drug-likeness (QED) is 0.0369. The number of phosphoric ester groups is 1. The highest BCUT2D eigenvalue weighted by Crippen LogP contribution is 2.67. The topological polar surface area (TPSA) is 102 Å². The molecular formula is C48H85O7P. The van der Waals surface area contributed by atoms with Crippen molar-refractivity contribution in [2.75, 3.05) is 13.2 Å². The van der Waals surface area contributed by atoms with Crippen LogP contribution < -0.4 is 0 Å². The zero-order valence-corrected chi connectivity index (χ0v) is 37.7. The van der Waals surface area contributed by atoms with Gasteiger partial charge in [0, 0.05) is 6.42 Å². The van der Waals surface area contributed by atoms with Crippen LogP contribution in [-0.4, -0.2) is 41.2 Å². The molecule has 3 saturated carbocycles. The fourth-order valence-corrected chi connectivity index (χ4v) is 12.3. The average Bonchev–Trinajstić information content (AvgIpc) is 3.51. The van der Waals surface area contributed by atoms with E-state index in [1.807, 2.05) is 0 Å². The Hall–Kier alpha value is -0.980. The van der Waals surface area contributed by atoms with E-state index in [9.17, 15) is 19.1 Å². The molecule has 56 heavy (non-hydrogen) atoms. The Balaban J connectivity index is 1.18. The first kappa shape index (κ1) is 47.7. The normalized spacial score (nSPS) is 30.2. The molecule has 0 amide bonds. The van der Waals surface area contributed by atoms with Crippen molar-refractivity contribution in [1.82, 2.24) is 0 Å². The molecule has 4 aliphatic carbocycles. The molecule has 0 heterocycles. The number of carbonyl (C=O) groups excluding carboxylic acids is 1. The predicted octanol–water partition coefficient (Wildman–Crippen LogP) is 13.5. The van der Waals surface area contributed by atoms with Crippen LogP contribution in [0.2, 0.25) is 0 Å². The van der Waals surface area contributed by atoms with E-state index < -0.39 is 13.9 Å². The molecule has 0 radical (unpaired) electrons. The van der Waals surface area contributed by atoms with Crippen LogP contribution in [0.25, 0.3) is 0 Å². The monoisotopic (exact) mass is 805 g/mol. The molecule has 4 aliphatic rings. The average molecular weight is 805 g/mol. The minimum absolute atomic E-state index is 0.00364. The molecule has 324 valence electrons. The van der Waals surface area contributed by atoms with Crippen molar-refractivity contribution in [2.45, 2.75) is 214 Å². The molecule has 8 heteroatoms. The third kappa shape index (κ3) is 14.6. The van der Waals surface area contributed by atoms with Gasteiger partial charge in [0.25, 0.3) is 0 Å². The molecule has 9 atom stereocenters. The molecule has 3 fully saturated rings. The van der Waals surface area contributed by atoms with E-state index in [0.717, 1.165) is 86.9 Å². The highest BCUT2D eigenvalue weighted by Gasteiger charge is 2.59. The van der Waals surface area contributed by atoms with Crippen molar-refractivity contribution in [3.8, 4) is 0 Å². The van der Waals surface area contributed by atoms with Gasteiger partial charge in [-0.15, -0.1) is 0 Å². The lowest BCUT2D eigenvalue weighted by Crippen LogP contribution is -2.51. The Bertz CT molecular complexity index is 1260. The number of allylic oxidation sites excluding steroid dienone is 3. The van der Waals surface area contributed by atoms with Crippen LogP contribution in [-0.2, 0) is 23.4 Å². The van der Waals surface area contributed by atoms with Gasteiger partial charge in [0.1, 0.15) is 6.10 Å². The molecule has 4 rings (SSSR count). The first-order valence-electron chi connectivity index (χ1n) is 23.6. The smallest absolute Gasteiger partial charge is 0.457 e. The van der Waals surface area contributed by atoms with Crippen molar-refractivity contribution in [1.29, 1.82) is 0 Å². The molecule has 0 aromatic rings. The Morgan fingerprint density at radius 1 is 0.839 bits per heavy atom. The second-order valence-electron chi connectivity index (χ2n) is 19.7. The van der Waals surface area contributed by atoms with Crippen molar-refractivity contribution in [3.63, 3.8) is 0 Å². The van der Waals surface area contributed by atoms with Crippen LogP contribution in [0.5, 0.6) is 0 Å². The van der Waals surface area contributed by atoms with E-state index in [1.54, 1.807) is 5.57 Å². The molecule has 7 nitrogen and oxygen atoms in total. The molecule has 0 aromatic heterocycles. The lowest BCUT2D eigenvalue weighted by molar-refractivity contribution is -0.156. The molecule has 0 aromatic carbocycles. The van der Waals surface area contributed by atoms with Gasteiger partial charge >= 0.3 is 13.8 Å². The summed E-state index contributed by atoms with van der Waals surface area (Å²) < 4.78 is 28.5. The molecule has 0 saturated heterocycles. The first-order valence-corrected chi connectivity index (χ1v) is 25.2. The zero-order chi connectivity index (χ0) is 40.6. The summed E-state index contributed by atoms with van der Waals surface area (Å²) in [5.74, 6) is 4.47. The summed E-state index contributed by atoms with van der Waals surface area (Å²) in [6, 6.07) is 0. The van der Waals surface area contributed by atoms with Crippen LogP contribution in [0.15, 0.2) is 23.8 Å². The van der Waals surface area contributed by atoms with E-state index in [0.29, 0.717) is 11.8 Å².